The van der Waals surface area contributed by atoms with Gasteiger partial charge in [0.2, 0.25) is 11.8 Å². The van der Waals surface area contributed by atoms with Crippen molar-refractivity contribution in [1.29, 1.82) is 0 Å². The molecule has 2 amide bonds. The van der Waals surface area contributed by atoms with E-state index in [0.717, 1.165) is 12.8 Å². The number of carbonyl (C=O) groups is 2. The summed E-state index contributed by atoms with van der Waals surface area (Å²) in [5.74, 6) is 0.330. The Hall–Kier alpha value is -1.85. The van der Waals surface area contributed by atoms with Gasteiger partial charge in [-0.1, -0.05) is 18.5 Å². The van der Waals surface area contributed by atoms with Gasteiger partial charge < -0.3 is 14.7 Å². The molecule has 0 saturated carbocycles. The molecule has 1 aromatic rings. The minimum atomic E-state index is -1.14. The summed E-state index contributed by atoms with van der Waals surface area (Å²) in [4.78, 5) is 26.1. The Morgan fingerprint density at radius 2 is 2.10 bits per heavy atom. The third-order valence-electron chi connectivity index (χ3n) is 3.17. The van der Waals surface area contributed by atoms with Gasteiger partial charge in [0.25, 0.3) is 0 Å². The standard InChI is InChI=1S/C14H23N3O3/c1-6-7-8-17(5)13(19)14(3,4)12(18)15-11-9-10(2)20-16-11/h9H,6-8H2,1-5H3,(H,15,16,18). The summed E-state index contributed by atoms with van der Waals surface area (Å²) < 4.78 is 4.88. The third-order valence-corrected chi connectivity index (χ3v) is 3.17. The second kappa shape index (κ2) is 6.54. The van der Waals surface area contributed by atoms with Crippen LogP contribution in [0.15, 0.2) is 10.6 Å². The Morgan fingerprint density at radius 3 is 2.60 bits per heavy atom. The lowest BCUT2D eigenvalue weighted by atomic mass is 9.90. The van der Waals surface area contributed by atoms with Crippen LogP contribution in [0.25, 0.3) is 0 Å². The van der Waals surface area contributed by atoms with E-state index in [1.54, 1.807) is 38.8 Å². The summed E-state index contributed by atoms with van der Waals surface area (Å²) in [7, 11) is 1.72. The molecule has 1 N–H and O–H groups in total. The van der Waals surface area contributed by atoms with Crippen LogP contribution in [0.5, 0.6) is 0 Å². The number of unbranched alkanes of at least 4 members (excludes halogenated alkanes) is 1. The molecular weight excluding hydrogens is 258 g/mol. The zero-order valence-corrected chi connectivity index (χ0v) is 12.8. The van der Waals surface area contributed by atoms with Crippen molar-refractivity contribution < 1.29 is 14.1 Å². The maximum absolute atomic E-state index is 12.3. The summed E-state index contributed by atoms with van der Waals surface area (Å²) in [6.07, 6.45) is 1.92. The van der Waals surface area contributed by atoms with E-state index in [9.17, 15) is 9.59 Å². The van der Waals surface area contributed by atoms with Crippen molar-refractivity contribution in [2.75, 3.05) is 18.9 Å². The SMILES string of the molecule is CCCCN(C)C(=O)C(C)(C)C(=O)Nc1cc(C)on1. The first kappa shape index (κ1) is 16.2. The summed E-state index contributed by atoms with van der Waals surface area (Å²) in [5, 5.41) is 6.29. The van der Waals surface area contributed by atoms with Gasteiger partial charge in [0.15, 0.2) is 5.82 Å². The number of nitrogens with zero attached hydrogens (tertiary/aromatic N) is 2. The lowest BCUT2D eigenvalue weighted by molar-refractivity contribution is -0.145. The number of amides is 2. The molecule has 0 fully saturated rings. The Morgan fingerprint density at radius 1 is 1.45 bits per heavy atom. The van der Waals surface area contributed by atoms with Gasteiger partial charge in [-0.05, 0) is 27.2 Å². The van der Waals surface area contributed by atoms with Gasteiger partial charge in [0, 0.05) is 19.7 Å². The highest BCUT2D eigenvalue weighted by Crippen LogP contribution is 2.21. The summed E-state index contributed by atoms with van der Waals surface area (Å²) in [5.41, 5.74) is -1.14. The van der Waals surface area contributed by atoms with Crippen LogP contribution in [0.2, 0.25) is 0 Å². The van der Waals surface area contributed by atoms with Gasteiger partial charge in [-0.25, -0.2) is 0 Å². The van der Waals surface area contributed by atoms with E-state index in [2.05, 4.69) is 17.4 Å². The van der Waals surface area contributed by atoms with Crippen LogP contribution in [0.3, 0.4) is 0 Å². The van der Waals surface area contributed by atoms with Crippen LogP contribution in [-0.2, 0) is 9.59 Å². The third kappa shape index (κ3) is 3.82. The highest BCUT2D eigenvalue weighted by Gasteiger charge is 2.38. The zero-order valence-electron chi connectivity index (χ0n) is 12.8. The van der Waals surface area contributed by atoms with E-state index < -0.39 is 5.41 Å². The van der Waals surface area contributed by atoms with Gasteiger partial charge in [-0.2, -0.15) is 0 Å². The Labute approximate surface area is 119 Å². The van der Waals surface area contributed by atoms with E-state index in [0.29, 0.717) is 18.1 Å². The molecule has 6 heteroatoms. The summed E-state index contributed by atoms with van der Waals surface area (Å²) >= 11 is 0. The molecular formula is C14H23N3O3. The minimum absolute atomic E-state index is 0.205. The van der Waals surface area contributed by atoms with Crippen molar-refractivity contribution in [2.24, 2.45) is 5.41 Å². The van der Waals surface area contributed by atoms with Crippen molar-refractivity contribution in [1.82, 2.24) is 10.1 Å². The molecule has 1 rings (SSSR count). The van der Waals surface area contributed by atoms with Crippen molar-refractivity contribution in [3.05, 3.63) is 11.8 Å². The van der Waals surface area contributed by atoms with E-state index in [1.807, 2.05) is 0 Å². The molecule has 0 aromatic carbocycles. The highest BCUT2D eigenvalue weighted by molar-refractivity contribution is 6.09. The van der Waals surface area contributed by atoms with Crippen LogP contribution in [0.4, 0.5) is 5.82 Å². The normalized spacial score (nSPS) is 11.2. The minimum Gasteiger partial charge on any atom is -0.360 e. The molecule has 0 unspecified atom stereocenters. The first-order valence-corrected chi connectivity index (χ1v) is 6.79. The lowest BCUT2D eigenvalue weighted by Crippen LogP contribution is -2.46. The maximum Gasteiger partial charge on any atom is 0.240 e. The molecule has 0 radical (unpaired) electrons. The van der Waals surface area contributed by atoms with Gasteiger partial charge in [-0.3, -0.25) is 9.59 Å². The summed E-state index contributed by atoms with van der Waals surface area (Å²) in [6.45, 7) is 7.66. The van der Waals surface area contributed by atoms with Crippen LogP contribution in [-0.4, -0.2) is 35.5 Å². The van der Waals surface area contributed by atoms with Gasteiger partial charge in [-0.15, -0.1) is 0 Å². The number of hydrogen-bond acceptors (Lipinski definition) is 4. The van der Waals surface area contributed by atoms with Crippen molar-refractivity contribution in [2.45, 2.75) is 40.5 Å². The van der Waals surface area contributed by atoms with Crippen LogP contribution in [0.1, 0.15) is 39.4 Å². The van der Waals surface area contributed by atoms with Crippen molar-refractivity contribution >= 4 is 17.6 Å². The van der Waals surface area contributed by atoms with Crippen LogP contribution in [0, 0.1) is 12.3 Å². The molecule has 112 valence electrons. The Balaban J connectivity index is 2.70. The quantitative estimate of drug-likeness (QED) is 0.811. The fourth-order valence-corrected chi connectivity index (χ4v) is 1.77. The van der Waals surface area contributed by atoms with Crippen LogP contribution >= 0.6 is 0 Å². The predicted octanol–water partition coefficient (Wildman–Crippen LogP) is 2.21. The fraction of sp³-hybridized carbons (Fsp3) is 0.643. The predicted molar refractivity (Wildman–Crippen MR) is 76.2 cm³/mol. The van der Waals surface area contributed by atoms with E-state index in [4.69, 9.17) is 4.52 Å². The number of carbonyl (C=O) groups excluding carboxylic acids is 2. The molecule has 0 aliphatic heterocycles. The zero-order chi connectivity index (χ0) is 15.3. The van der Waals surface area contributed by atoms with Crippen molar-refractivity contribution in [3.63, 3.8) is 0 Å². The monoisotopic (exact) mass is 281 g/mol. The fourth-order valence-electron chi connectivity index (χ4n) is 1.77. The number of nitrogens with one attached hydrogen (secondary N) is 1. The van der Waals surface area contributed by atoms with Gasteiger partial charge >= 0.3 is 0 Å². The Bertz CT molecular complexity index is 480. The average Bonchev–Trinajstić information content (AvgIpc) is 2.80. The molecule has 0 aliphatic carbocycles. The van der Waals surface area contributed by atoms with E-state index in [1.165, 1.54) is 0 Å². The molecule has 1 aromatic heterocycles. The Kier molecular flexibility index (Phi) is 5.30. The number of anilines is 1. The largest absolute Gasteiger partial charge is 0.360 e. The number of aromatic nitrogens is 1. The molecule has 0 aliphatic rings. The summed E-state index contributed by atoms with van der Waals surface area (Å²) in [6, 6.07) is 1.61. The maximum atomic E-state index is 12.3. The number of aryl methyl sites for hydroxylation is 1. The van der Waals surface area contributed by atoms with Gasteiger partial charge in [0.05, 0.1) is 0 Å². The first-order valence-electron chi connectivity index (χ1n) is 6.79. The van der Waals surface area contributed by atoms with Gasteiger partial charge in [0.1, 0.15) is 11.2 Å². The molecule has 0 atom stereocenters. The van der Waals surface area contributed by atoms with Crippen molar-refractivity contribution in [3.8, 4) is 0 Å². The molecule has 6 nitrogen and oxygen atoms in total. The average molecular weight is 281 g/mol. The smallest absolute Gasteiger partial charge is 0.240 e. The van der Waals surface area contributed by atoms with E-state index in [-0.39, 0.29) is 11.8 Å². The lowest BCUT2D eigenvalue weighted by Gasteiger charge is -2.28. The number of rotatable bonds is 6. The molecule has 0 saturated heterocycles. The topological polar surface area (TPSA) is 75.4 Å². The number of hydrogen-bond donors (Lipinski definition) is 1. The first-order chi connectivity index (χ1) is 9.28. The molecule has 0 spiro atoms. The van der Waals surface area contributed by atoms with E-state index >= 15 is 0 Å². The molecule has 20 heavy (non-hydrogen) atoms. The highest BCUT2D eigenvalue weighted by atomic mass is 16.5. The van der Waals surface area contributed by atoms with Crippen LogP contribution < -0.4 is 5.32 Å². The second-order valence-corrected chi connectivity index (χ2v) is 5.48. The molecule has 1 heterocycles. The molecule has 0 bridgehead atoms. The second-order valence-electron chi connectivity index (χ2n) is 5.48.